The number of nitrogens with zero attached hydrogens (tertiary/aromatic N) is 3. The molecule has 4 heteroatoms. The van der Waals surface area contributed by atoms with Gasteiger partial charge < -0.3 is 5.11 Å². The summed E-state index contributed by atoms with van der Waals surface area (Å²) in [5.41, 5.74) is 5.10. The molecule has 4 aromatic rings. The van der Waals surface area contributed by atoms with Gasteiger partial charge in [0, 0.05) is 18.3 Å². The number of rotatable bonds is 3. The summed E-state index contributed by atoms with van der Waals surface area (Å²) >= 11 is 0. The van der Waals surface area contributed by atoms with Crippen molar-refractivity contribution in [3.63, 3.8) is 0 Å². The Labute approximate surface area is 140 Å². The Kier molecular flexibility index (Phi) is 3.50. The first-order valence-electron chi connectivity index (χ1n) is 7.88. The SMILES string of the molecule is Cc1ccc(-n2c(Cc3ccc(O)cc3)nc3cccnc32)cc1. The molecule has 0 saturated heterocycles. The fourth-order valence-electron chi connectivity index (χ4n) is 2.84. The second-order valence-corrected chi connectivity index (χ2v) is 5.89. The largest absolute Gasteiger partial charge is 0.508 e. The molecule has 24 heavy (non-hydrogen) atoms. The van der Waals surface area contributed by atoms with Gasteiger partial charge in [-0.3, -0.25) is 4.57 Å². The zero-order valence-electron chi connectivity index (χ0n) is 13.3. The standard InChI is InChI=1S/C20H17N3O/c1-14-4-8-16(9-5-14)23-19(13-15-6-10-17(24)11-7-15)22-18-3-2-12-21-20(18)23/h2-12,24H,13H2,1H3. The Morgan fingerprint density at radius 1 is 0.958 bits per heavy atom. The van der Waals surface area contributed by atoms with Crippen molar-refractivity contribution in [1.82, 2.24) is 14.5 Å². The fraction of sp³-hybridized carbons (Fsp3) is 0.100. The number of fused-ring (bicyclic) bond motifs is 1. The van der Waals surface area contributed by atoms with E-state index < -0.39 is 0 Å². The quantitative estimate of drug-likeness (QED) is 0.621. The Morgan fingerprint density at radius 2 is 1.71 bits per heavy atom. The van der Waals surface area contributed by atoms with Crippen LogP contribution in [-0.2, 0) is 6.42 Å². The van der Waals surface area contributed by atoms with Gasteiger partial charge in [-0.2, -0.15) is 0 Å². The molecule has 0 aliphatic heterocycles. The molecular formula is C20H17N3O. The van der Waals surface area contributed by atoms with Crippen molar-refractivity contribution in [2.24, 2.45) is 0 Å². The molecule has 0 spiro atoms. The Hall–Kier alpha value is -3.14. The number of imidazole rings is 1. The first-order valence-corrected chi connectivity index (χ1v) is 7.88. The van der Waals surface area contributed by atoms with Gasteiger partial charge in [-0.25, -0.2) is 9.97 Å². The summed E-state index contributed by atoms with van der Waals surface area (Å²) in [6.07, 6.45) is 2.46. The molecule has 1 N–H and O–H groups in total. The summed E-state index contributed by atoms with van der Waals surface area (Å²) in [5.74, 6) is 1.20. The van der Waals surface area contributed by atoms with E-state index in [1.54, 1.807) is 18.3 Å². The summed E-state index contributed by atoms with van der Waals surface area (Å²) in [4.78, 5) is 9.28. The lowest BCUT2D eigenvalue weighted by atomic mass is 10.1. The van der Waals surface area contributed by atoms with Crippen LogP contribution in [0.2, 0.25) is 0 Å². The zero-order valence-corrected chi connectivity index (χ0v) is 13.3. The predicted octanol–water partition coefficient (Wildman–Crippen LogP) is 4.03. The van der Waals surface area contributed by atoms with E-state index in [0.717, 1.165) is 28.2 Å². The van der Waals surface area contributed by atoms with E-state index in [9.17, 15) is 5.11 Å². The number of phenols is 1. The maximum Gasteiger partial charge on any atom is 0.164 e. The van der Waals surface area contributed by atoms with Crippen molar-refractivity contribution >= 4 is 11.2 Å². The summed E-state index contributed by atoms with van der Waals surface area (Å²) in [7, 11) is 0. The molecule has 118 valence electrons. The van der Waals surface area contributed by atoms with Gasteiger partial charge in [-0.15, -0.1) is 0 Å². The van der Waals surface area contributed by atoms with Crippen molar-refractivity contribution in [2.75, 3.05) is 0 Å². The highest BCUT2D eigenvalue weighted by Crippen LogP contribution is 2.22. The smallest absolute Gasteiger partial charge is 0.164 e. The average Bonchev–Trinajstić information content (AvgIpc) is 2.96. The number of benzene rings is 2. The minimum Gasteiger partial charge on any atom is -0.508 e. The number of aryl methyl sites for hydroxylation is 1. The molecule has 4 rings (SSSR count). The lowest BCUT2D eigenvalue weighted by Crippen LogP contribution is -2.03. The van der Waals surface area contributed by atoms with Gasteiger partial charge >= 0.3 is 0 Å². The van der Waals surface area contributed by atoms with E-state index in [0.29, 0.717) is 6.42 Å². The molecule has 2 heterocycles. The van der Waals surface area contributed by atoms with Crippen LogP contribution in [0.25, 0.3) is 16.9 Å². The first-order chi connectivity index (χ1) is 11.7. The highest BCUT2D eigenvalue weighted by atomic mass is 16.3. The third-order valence-corrected chi connectivity index (χ3v) is 4.08. The number of hydrogen-bond acceptors (Lipinski definition) is 3. The highest BCUT2D eigenvalue weighted by Gasteiger charge is 2.13. The summed E-state index contributed by atoms with van der Waals surface area (Å²) in [6.45, 7) is 2.07. The van der Waals surface area contributed by atoms with Crippen molar-refractivity contribution in [3.8, 4) is 11.4 Å². The molecule has 0 aliphatic carbocycles. The van der Waals surface area contributed by atoms with Gasteiger partial charge in [-0.1, -0.05) is 29.8 Å². The molecule has 0 fully saturated rings. The van der Waals surface area contributed by atoms with Crippen LogP contribution in [0.5, 0.6) is 5.75 Å². The second kappa shape index (κ2) is 5.81. The third kappa shape index (κ3) is 2.63. The molecule has 0 saturated carbocycles. The van der Waals surface area contributed by atoms with Crippen LogP contribution in [0.4, 0.5) is 0 Å². The minimum atomic E-state index is 0.271. The Morgan fingerprint density at radius 3 is 2.46 bits per heavy atom. The second-order valence-electron chi connectivity index (χ2n) is 5.89. The monoisotopic (exact) mass is 315 g/mol. The molecular weight excluding hydrogens is 298 g/mol. The molecule has 0 amide bonds. The molecule has 0 bridgehead atoms. The molecule has 0 atom stereocenters. The van der Waals surface area contributed by atoms with Crippen LogP contribution < -0.4 is 0 Å². The maximum absolute atomic E-state index is 9.46. The lowest BCUT2D eigenvalue weighted by molar-refractivity contribution is 0.475. The Bertz CT molecular complexity index is 986. The molecule has 0 radical (unpaired) electrons. The van der Waals surface area contributed by atoms with Crippen LogP contribution in [0.3, 0.4) is 0 Å². The number of aromatic hydroxyl groups is 1. The lowest BCUT2D eigenvalue weighted by Gasteiger charge is -2.09. The summed E-state index contributed by atoms with van der Waals surface area (Å²) in [5, 5.41) is 9.46. The predicted molar refractivity (Wildman–Crippen MR) is 94.5 cm³/mol. The van der Waals surface area contributed by atoms with Crippen LogP contribution >= 0.6 is 0 Å². The van der Waals surface area contributed by atoms with Gasteiger partial charge in [-0.05, 0) is 48.9 Å². The molecule has 2 aromatic carbocycles. The normalized spacial score (nSPS) is 11.0. The van der Waals surface area contributed by atoms with Gasteiger partial charge in [0.1, 0.15) is 17.1 Å². The van der Waals surface area contributed by atoms with E-state index in [4.69, 9.17) is 4.98 Å². The highest BCUT2D eigenvalue weighted by molar-refractivity contribution is 5.74. The van der Waals surface area contributed by atoms with E-state index in [1.165, 1.54) is 5.56 Å². The van der Waals surface area contributed by atoms with Crippen molar-refractivity contribution in [2.45, 2.75) is 13.3 Å². The first kappa shape index (κ1) is 14.5. The number of aromatic nitrogens is 3. The molecule has 0 unspecified atom stereocenters. The number of hydrogen-bond donors (Lipinski definition) is 1. The van der Waals surface area contributed by atoms with Crippen molar-refractivity contribution in [3.05, 3.63) is 83.8 Å². The van der Waals surface area contributed by atoms with Crippen molar-refractivity contribution in [1.29, 1.82) is 0 Å². The van der Waals surface area contributed by atoms with Crippen LogP contribution in [-0.4, -0.2) is 19.6 Å². The molecule has 2 aromatic heterocycles. The van der Waals surface area contributed by atoms with Gasteiger partial charge in [0.2, 0.25) is 0 Å². The summed E-state index contributed by atoms with van der Waals surface area (Å²) in [6, 6.07) is 19.5. The van der Waals surface area contributed by atoms with E-state index in [1.807, 2.05) is 24.3 Å². The summed E-state index contributed by atoms with van der Waals surface area (Å²) < 4.78 is 2.10. The maximum atomic E-state index is 9.46. The topological polar surface area (TPSA) is 50.9 Å². The van der Waals surface area contributed by atoms with E-state index >= 15 is 0 Å². The van der Waals surface area contributed by atoms with E-state index in [-0.39, 0.29) is 5.75 Å². The minimum absolute atomic E-state index is 0.271. The van der Waals surface area contributed by atoms with E-state index in [2.05, 4.69) is 40.7 Å². The zero-order chi connectivity index (χ0) is 16.5. The average molecular weight is 315 g/mol. The number of phenolic OH excluding ortho intramolecular Hbond substituents is 1. The van der Waals surface area contributed by atoms with Gasteiger partial charge in [0.25, 0.3) is 0 Å². The van der Waals surface area contributed by atoms with Crippen LogP contribution in [0.1, 0.15) is 17.0 Å². The third-order valence-electron chi connectivity index (χ3n) is 4.08. The fourth-order valence-corrected chi connectivity index (χ4v) is 2.84. The molecule has 4 nitrogen and oxygen atoms in total. The van der Waals surface area contributed by atoms with Crippen molar-refractivity contribution < 1.29 is 5.11 Å². The van der Waals surface area contributed by atoms with Crippen LogP contribution in [0, 0.1) is 6.92 Å². The van der Waals surface area contributed by atoms with Gasteiger partial charge in [0.05, 0.1) is 0 Å². The van der Waals surface area contributed by atoms with Crippen LogP contribution in [0.15, 0.2) is 66.9 Å². The number of pyridine rings is 1. The van der Waals surface area contributed by atoms with Gasteiger partial charge in [0.15, 0.2) is 5.65 Å². The Balaban J connectivity index is 1.86. The molecule has 0 aliphatic rings.